The topological polar surface area (TPSA) is 26.0 Å². The fourth-order valence-corrected chi connectivity index (χ4v) is 2.91. The molecular formula is C18H38ClN. The van der Waals surface area contributed by atoms with Gasteiger partial charge in [-0.05, 0) is 19.3 Å². The molecule has 0 aromatic heterocycles. The zero-order valence-electron chi connectivity index (χ0n) is 13.8. The van der Waals surface area contributed by atoms with Gasteiger partial charge in [0.25, 0.3) is 0 Å². The fraction of sp³-hybridized carbons (Fsp3) is 1.00. The maximum Gasteiger partial charge on any atom is 0.0223 e. The lowest BCUT2D eigenvalue weighted by molar-refractivity contribution is 0.485. The van der Waals surface area contributed by atoms with E-state index in [1.54, 1.807) is 0 Å². The molecule has 0 aliphatic heterocycles. The fourth-order valence-electron chi connectivity index (χ4n) is 2.72. The molecule has 0 fully saturated rings. The highest BCUT2D eigenvalue weighted by molar-refractivity contribution is 6.17. The molecule has 0 aliphatic carbocycles. The summed E-state index contributed by atoms with van der Waals surface area (Å²) in [7, 11) is 0. The molecule has 0 heterocycles. The Labute approximate surface area is 133 Å². The highest BCUT2D eigenvalue weighted by Gasteiger charge is 2.02. The van der Waals surface area contributed by atoms with Crippen molar-refractivity contribution in [3.05, 3.63) is 0 Å². The molecule has 0 amide bonds. The van der Waals surface area contributed by atoms with E-state index < -0.39 is 0 Å². The third kappa shape index (κ3) is 16.3. The molecule has 1 unspecified atom stereocenters. The normalized spacial score (nSPS) is 12.8. The Bertz CT molecular complexity index is 173. The van der Waals surface area contributed by atoms with Gasteiger partial charge in [0.2, 0.25) is 0 Å². The molecule has 0 bridgehead atoms. The molecule has 2 N–H and O–H groups in total. The van der Waals surface area contributed by atoms with E-state index in [1.165, 1.54) is 89.9 Å². The van der Waals surface area contributed by atoms with E-state index in [0.29, 0.717) is 6.04 Å². The molecule has 122 valence electrons. The van der Waals surface area contributed by atoms with Crippen molar-refractivity contribution in [1.82, 2.24) is 0 Å². The van der Waals surface area contributed by atoms with Gasteiger partial charge in [0, 0.05) is 11.9 Å². The summed E-state index contributed by atoms with van der Waals surface area (Å²) >= 11 is 5.66. The molecule has 0 spiro atoms. The minimum Gasteiger partial charge on any atom is -0.328 e. The number of alkyl halides is 1. The first kappa shape index (κ1) is 20.2. The number of rotatable bonds is 16. The second-order valence-electron chi connectivity index (χ2n) is 6.27. The highest BCUT2D eigenvalue weighted by atomic mass is 35.5. The number of hydrogen-bond donors (Lipinski definition) is 1. The van der Waals surface area contributed by atoms with Gasteiger partial charge in [-0.2, -0.15) is 0 Å². The van der Waals surface area contributed by atoms with Crippen LogP contribution in [-0.4, -0.2) is 11.9 Å². The van der Waals surface area contributed by atoms with Crippen molar-refractivity contribution in [2.45, 2.75) is 109 Å². The van der Waals surface area contributed by atoms with Gasteiger partial charge in [0.05, 0.1) is 0 Å². The van der Waals surface area contributed by atoms with E-state index >= 15 is 0 Å². The van der Waals surface area contributed by atoms with Crippen LogP contribution in [-0.2, 0) is 0 Å². The van der Waals surface area contributed by atoms with Crippen LogP contribution in [0.3, 0.4) is 0 Å². The van der Waals surface area contributed by atoms with Crippen LogP contribution in [0.2, 0.25) is 0 Å². The smallest absolute Gasteiger partial charge is 0.0223 e. The number of hydrogen-bond acceptors (Lipinski definition) is 1. The van der Waals surface area contributed by atoms with E-state index in [-0.39, 0.29) is 0 Å². The number of halogens is 1. The van der Waals surface area contributed by atoms with E-state index in [1.807, 2.05) is 0 Å². The molecule has 0 radical (unpaired) electrons. The van der Waals surface area contributed by atoms with E-state index in [0.717, 1.165) is 12.3 Å². The molecule has 0 aliphatic rings. The Balaban J connectivity index is 3.09. The van der Waals surface area contributed by atoms with Crippen molar-refractivity contribution < 1.29 is 0 Å². The van der Waals surface area contributed by atoms with E-state index in [4.69, 9.17) is 17.3 Å². The van der Waals surface area contributed by atoms with Gasteiger partial charge in [0.15, 0.2) is 0 Å². The van der Waals surface area contributed by atoms with Crippen LogP contribution in [0.25, 0.3) is 0 Å². The van der Waals surface area contributed by atoms with Crippen LogP contribution in [0.4, 0.5) is 0 Å². The molecule has 0 aromatic carbocycles. The first-order chi connectivity index (χ1) is 9.81. The van der Waals surface area contributed by atoms with Crippen LogP contribution >= 0.6 is 11.6 Å². The Hall–Kier alpha value is 0.250. The van der Waals surface area contributed by atoms with Crippen LogP contribution in [0.15, 0.2) is 0 Å². The summed E-state index contributed by atoms with van der Waals surface area (Å²) in [5, 5.41) is 0. The van der Waals surface area contributed by atoms with Gasteiger partial charge < -0.3 is 5.73 Å². The van der Waals surface area contributed by atoms with Gasteiger partial charge in [0.1, 0.15) is 0 Å². The second kappa shape index (κ2) is 17.3. The lowest BCUT2D eigenvalue weighted by Crippen LogP contribution is -2.19. The monoisotopic (exact) mass is 303 g/mol. The summed E-state index contributed by atoms with van der Waals surface area (Å²) in [6.07, 6.45) is 20.1. The molecule has 0 saturated heterocycles. The average Bonchev–Trinajstić information content (AvgIpc) is 2.45. The predicted octanol–water partition coefficient (Wildman–Crippen LogP) is 6.42. The minimum absolute atomic E-state index is 0.440. The van der Waals surface area contributed by atoms with Crippen molar-refractivity contribution in [2.75, 3.05) is 5.88 Å². The summed E-state index contributed by atoms with van der Waals surface area (Å²) in [6.45, 7) is 2.28. The van der Waals surface area contributed by atoms with Crippen LogP contribution in [0.1, 0.15) is 103 Å². The zero-order valence-corrected chi connectivity index (χ0v) is 14.6. The Kier molecular flexibility index (Phi) is 17.5. The van der Waals surface area contributed by atoms with Crippen LogP contribution < -0.4 is 5.73 Å². The lowest BCUT2D eigenvalue weighted by atomic mass is 10.0. The molecular weight excluding hydrogens is 266 g/mol. The molecule has 0 saturated carbocycles. The summed E-state index contributed by atoms with van der Waals surface area (Å²) in [6, 6.07) is 0.440. The van der Waals surface area contributed by atoms with Crippen molar-refractivity contribution >= 4 is 11.6 Å². The Morgan fingerprint density at radius 2 is 1.05 bits per heavy atom. The third-order valence-electron chi connectivity index (χ3n) is 4.14. The minimum atomic E-state index is 0.440. The Morgan fingerprint density at radius 1 is 0.650 bits per heavy atom. The zero-order chi connectivity index (χ0) is 14.9. The average molecular weight is 304 g/mol. The molecule has 1 nitrogen and oxygen atoms in total. The van der Waals surface area contributed by atoms with E-state index in [2.05, 4.69) is 6.92 Å². The highest BCUT2D eigenvalue weighted by Crippen LogP contribution is 2.13. The van der Waals surface area contributed by atoms with Gasteiger partial charge in [-0.1, -0.05) is 84.0 Å². The van der Waals surface area contributed by atoms with Crippen LogP contribution in [0.5, 0.6) is 0 Å². The third-order valence-corrected chi connectivity index (χ3v) is 4.40. The molecule has 20 heavy (non-hydrogen) atoms. The van der Waals surface area contributed by atoms with Gasteiger partial charge in [-0.15, -0.1) is 11.6 Å². The first-order valence-electron chi connectivity index (χ1n) is 9.12. The van der Waals surface area contributed by atoms with Gasteiger partial charge in [-0.25, -0.2) is 0 Å². The summed E-state index contributed by atoms with van der Waals surface area (Å²) in [5.41, 5.74) is 6.16. The summed E-state index contributed by atoms with van der Waals surface area (Å²) in [4.78, 5) is 0. The van der Waals surface area contributed by atoms with Crippen LogP contribution in [0, 0.1) is 0 Å². The largest absolute Gasteiger partial charge is 0.328 e. The summed E-state index contributed by atoms with van der Waals surface area (Å²) in [5.74, 6) is 0.810. The second-order valence-corrected chi connectivity index (χ2v) is 6.65. The van der Waals surface area contributed by atoms with Gasteiger partial charge >= 0.3 is 0 Å². The maximum absolute atomic E-state index is 6.16. The van der Waals surface area contributed by atoms with Crippen molar-refractivity contribution in [1.29, 1.82) is 0 Å². The quantitative estimate of drug-likeness (QED) is 0.258. The molecule has 0 aromatic rings. The number of unbranched alkanes of at least 4 members (excludes halogenated alkanes) is 11. The van der Waals surface area contributed by atoms with E-state index in [9.17, 15) is 0 Å². The molecule has 2 heteroatoms. The lowest BCUT2D eigenvalue weighted by Gasteiger charge is -2.11. The maximum atomic E-state index is 6.16. The predicted molar refractivity (Wildman–Crippen MR) is 93.6 cm³/mol. The van der Waals surface area contributed by atoms with Gasteiger partial charge in [-0.3, -0.25) is 0 Å². The SMILES string of the molecule is CCCCCCCCCCCC(N)CCCCCCCl. The standard InChI is InChI=1S/C18H38ClN/c1-2-3-4-5-6-7-8-9-12-15-18(20)16-13-10-11-14-17-19/h18H,2-17,20H2,1H3. The van der Waals surface area contributed by atoms with Crippen molar-refractivity contribution in [3.63, 3.8) is 0 Å². The first-order valence-corrected chi connectivity index (χ1v) is 9.66. The molecule has 1 atom stereocenters. The Morgan fingerprint density at radius 3 is 1.50 bits per heavy atom. The van der Waals surface area contributed by atoms with Crippen molar-refractivity contribution in [3.8, 4) is 0 Å². The number of nitrogens with two attached hydrogens (primary N) is 1. The summed E-state index contributed by atoms with van der Waals surface area (Å²) < 4.78 is 0. The van der Waals surface area contributed by atoms with Crippen molar-refractivity contribution in [2.24, 2.45) is 5.73 Å². The molecule has 0 rings (SSSR count).